The van der Waals surface area contributed by atoms with Crippen molar-refractivity contribution in [3.63, 3.8) is 0 Å². The predicted molar refractivity (Wildman–Crippen MR) is 83.0 cm³/mol. The fourth-order valence-corrected chi connectivity index (χ4v) is 2.95. The Morgan fingerprint density at radius 1 is 1.06 bits per heavy atom. The molecular formula is C14H10BrCl3. The molecule has 0 aliphatic heterocycles. The van der Waals surface area contributed by atoms with Gasteiger partial charge in [-0.1, -0.05) is 57.3 Å². The van der Waals surface area contributed by atoms with Crippen molar-refractivity contribution in [3.8, 4) is 0 Å². The van der Waals surface area contributed by atoms with Crippen LogP contribution in [-0.2, 0) is 0 Å². The lowest BCUT2D eigenvalue weighted by molar-refractivity contribution is 1.13. The molecule has 0 saturated heterocycles. The molecule has 0 aromatic heterocycles. The van der Waals surface area contributed by atoms with Crippen LogP contribution < -0.4 is 0 Å². The highest BCUT2D eigenvalue weighted by molar-refractivity contribution is 9.10. The minimum atomic E-state index is -0.285. The minimum absolute atomic E-state index is 0.285. The summed E-state index contributed by atoms with van der Waals surface area (Å²) >= 11 is 22.0. The van der Waals surface area contributed by atoms with Gasteiger partial charge in [-0.2, -0.15) is 0 Å². The summed E-state index contributed by atoms with van der Waals surface area (Å²) in [6, 6.07) is 11.4. The van der Waals surface area contributed by atoms with Crippen LogP contribution in [-0.4, -0.2) is 0 Å². The van der Waals surface area contributed by atoms with Crippen molar-refractivity contribution in [2.24, 2.45) is 0 Å². The zero-order valence-electron chi connectivity index (χ0n) is 9.55. The summed E-state index contributed by atoms with van der Waals surface area (Å²) in [7, 11) is 0. The molecule has 0 amide bonds. The number of benzene rings is 2. The fraction of sp³-hybridized carbons (Fsp3) is 0.143. The maximum atomic E-state index is 6.47. The molecule has 0 saturated carbocycles. The highest BCUT2D eigenvalue weighted by Gasteiger charge is 2.15. The maximum Gasteiger partial charge on any atom is 0.0850 e. The zero-order chi connectivity index (χ0) is 13.3. The summed E-state index contributed by atoms with van der Waals surface area (Å²) < 4.78 is 1.04. The number of alkyl halides is 1. The van der Waals surface area contributed by atoms with Crippen LogP contribution in [0.1, 0.15) is 22.1 Å². The van der Waals surface area contributed by atoms with Crippen LogP contribution in [0.4, 0.5) is 0 Å². The molecule has 2 aromatic rings. The highest BCUT2D eigenvalue weighted by Crippen LogP contribution is 2.36. The summed E-state index contributed by atoms with van der Waals surface area (Å²) in [5, 5.41) is 0.906. The predicted octanol–water partition coefficient (Wildman–Crippen LogP) is 6.39. The molecule has 0 radical (unpaired) electrons. The van der Waals surface area contributed by atoms with Gasteiger partial charge in [-0.3, -0.25) is 0 Å². The quantitative estimate of drug-likeness (QED) is 0.541. The van der Waals surface area contributed by atoms with Gasteiger partial charge in [0.15, 0.2) is 0 Å². The molecule has 0 spiro atoms. The van der Waals surface area contributed by atoms with E-state index >= 15 is 0 Å². The third kappa shape index (κ3) is 3.03. The number of hydrogen-bond donors (Lipinski definition) is 0. The summed E-state index contributed by atoms with van der Waals surface area (Å²) in [5.74, 6) is 0. The molecule has 0 aliphatic carbocycles. The topological polar surface area (TPSA) is 0 Å². The van der Waals surface area contributed by atoms with Crippen molar-refractivity contribution in [2.45, 2.75) is 12.3 Å². The molecule has 18 heavy (non-hydrogen) atoms. The van der Waals surface area contributed by atoms with Crippen LogP contribution in [0.5, 0.6) is 0 Å². The molecule has 1 atom stereocenters. The average Bonchev–Trinajstić information content (AvgIpc) is 2.32. The van der Waals surface area contributed by atoms with Gasteiger partial charge >= 0.3 is 0 Å². The van der Waals surface area contributed by atoms with Gasteiger partial charge in [0, 0.05) is 14.5 Å². The highest BCUT2D eigenvalue weighted by atomic mass is 79.9. The van der Waals surface area contributed by atoms with Gasteiger partial charge in [-0.15, -0.1) is 11.6 Å². The Bertz CT molecular complexity index is 581. The van der Waals surface area contributed by atoms with Crippen molar-refractivity contribution in [1.29, 1.82) is 0 Å². The van der Waals surface area contributed by atoms with Gasteiger partial charge in [0.05, 0.1) is 5.38 Å². The molecule has 0 heterocycles. The van der Waals surface area contributed by atoms with Crippen molar-refractivity contribution in [3.05, 3.63) is 67.6 Å². The van der Waals surface area contributed by atoms with Gasteiger partial charge < -0.3 is 0 Å². The fourth-order valence-electron chi connectivity index (χ4n) is 1.65. The van der Waals surface area contributed by atoms with Crippen LogP contribution in [0.3, 0.4) is 0 Å². The van der Waals surface area contributed by atoms with E-state index in [1.807, 2.05) is 31.2 Å². The maximum absolute atomic E-state index is 6.47. The lowest BCUT2D eigenvalue weighted by Crippen LogP contribution is -1.95. The summed E-state index contributed by atoms with van der Waals surface area (Å²) in [6.45, 7) is 2.03. The van der Waals surface area contributed by atoms with Gasteiger partial charge in [-0.25, -0.2) is 0 Å². The third-order valence-electron chi connectivity index (χ3n) is 2.72. The summed E-state index contributed by atoms with van der Waals surface area (Å²) in [6.07, 6.45) is 0. The third-order valence-corrected chi connectivity index (χ3v) is 4.63. The smallest absolute Gasteiger partial charge is 0.0850 e. The Kier molecular flexibility index (Phi) is 4.60. The van der Waals surface area contributed by atoms with E-state index in [0.29, 0.717) is 10.0 Å². The molecular weight excluding hydrogens is 354 g/mol. The Labute approximate surface area is 130 Å². The number of rotatable bonds is 2. The second kappa shape index (κ2) is 5.83. The SMILES string of the molecule is Cc1ccc(C(Cl)c2ccc(Cl)cc2Cl)cc1Br. The van der Waals surface area contributed by atoms with Crippen molar-refractivity contribution < 1.29 is 0 Å². The number of aryl methyl sites for hydroxylation is 1. The Hall–Kier alpha value is -0.210. The van der Waals surface area contributed by atoms with Gasteiger partial charge in [-0.05, 0) is 41.8 Å². The lowest BCUT2D eigenvalue weighted by Gasteiger charge is -2.13. The van der Waals surface area contributed by atoms with Crippen molar-refractivity contribution in [1.82, 2.24) is 0 Å². The largest absolute Gasteiger partial charge is 0.113 e. The van der Waals surface area contributed by atoms with Crippen LogP contribution in [0.15, 0.2) is 40.9 Å². The Balaban J connectivity index is 2.41. The van der Waals surface area contributed by atoms with Crippen LogP contribution in [0.2, 0.25) is 10.0 Å². The van der Waals surface area contributed by atoms with Crippen LogP contribution >= 0.6 is 50.7 Å². The second-order valence-electron chi connectivity index (χ2n) is 4.04. The van der Waals surface area contributed by atoms with Crippen molar-refractivity contribution >= 4 is 50.7 Å². The molecule has 94 valence electrons. The summed E-state index contributed by atoms with van der Waals surface area (Å²) in [4.78, 5) is 0. The van der Waals surface area contributed by atoms with E-state index in [9.17, 15) is 0 Å². The van der Waals surface area contributed by atoms with E-state index in [1.54, 1.807) is 12.1 Å². The number of halogens is 4. The molecule has 0 aliphatic rings. The van der Waals surface area contributed by atoms with E-state index in [1.165, 1.54) is 5.56 Å². The van der Waals surface area contributed by atoms with E-state index in [2.05, 4.69) is 15.9 Å². The van der Waals surface area contributed by atoms with Crippen LogP contribution in [0.25, 0.3) is 0 Å². The molecule has 0 bridgehead atoms. The van der Waals surface area contributed by atoms with E-state index in [-0.39, 0.29) is 5.38 Å². The Morgan fingerprint density at radius 2 is 1.78 bits per heavy atom. The zero-order valence-corrected chi connectivity index (χ0v) is 13.4. The monoisotopic (exact) mass is 362 g/mol. The standard InChI is InChI=1S/C14H10BrCl3/c1-8-2-3-9(6-12(8)15)14(18)11-5-4-10(16)7-13(11)17/h2-7,14H,1H3. The van der Waals surface area contributed by atoms with E-state index < -0.39 is 0 Å². The van der Waals surface area contributed by atoms with Gasteiger partial charge in [0.2, 0.25) is 0 Å². The second-order valence-corrected chi connectivity index (χ2v) is 6.17. The van der Waals surface area contributed by atoms with Crippen LogP contribution in [0, 0.1) is 6.92 Å². The molecule has 0 fully saturated rings. The normalized spacial score (nSPS) is 12.5. The Morgan fingerprint density at radius 3 is 2.39 bits per heavy atom. The minimum Gasteiger partial charge on any atom is -0.113 e. The van der Waals surface area contributed by atoms with E-state index in [0.717, 1.165) is 15.6 Å². The molecule has 2 rings (SSSR count). The molecule has 2 aromatic carbocycles. The van der Waals surface area contributed by atoms with E-state index in [4.69, 9.17) is 34.8 Å². The molecule has 0 N–H and O–H groups in total. The average molecular weight is 364 g/mol. The first-order chi connectivity index (χ1) is 8.49. The lowest BCUT2D eigenvalue weighted by atomic mass is 10.0. The first kappa shape index (κ1) is 14.2. The van der Waals surface area contributed by atoms with Crippen molar-refractivity contribution in [2.75, 3.05) is 0 Å². The molecule has 1 unspecified atom stereocenters. The first-order valence-electron chi connectivity index (χ1n) is 5.34. The van der Waals surface area contributed by atoms with Gasteiger partial charge in [0.1, 0.15) is 0 Å². The number of hydrogen-bond acceptors (Lipinski definition) is 0. The molecule has 0 nitrogen and oxygen atoms in total. The first-order valence-corrected chi connectivity index (χ1v) is 7.32. The molecule has 4 heteroatoms. The summed E-state index contributed by atoms with van der Waals surface area (Å²) in [5.41, 5.74) is 3.03. The van der Waals surface area contributed by atoms with Gasteiger partial charge in [0.25, 0.3) is 0 Å².